The Kier molecular flexibility index (Phi) is 13.2. The van der Waals surface area contributed by atoms with Crippen LogP contribution in [0.2, 0.25) is 0 Å². The molecule has 4 heteroatoms. The predicted octanol–water partition coefficient (Wildman–Crippen LogP) is 6.91. The van der Waals surface area contributed by atoms with Crippen molar-refractivity contribution in [3.8, 4) is 0 Å². The first-order valence-corrected chi connectivity index (χ1v) is 14.2. The summed E-state index contributed by atoms with van der Waals surface area (Å²) < 4.78 is 12.8. The maximum atomic E-state index is 12.8. The van der Waals surface area contributed by atoms with Crippen LogP contribution in [0.1, 0.15) is 58.3 Å². The SMILES string of the molecule is CCC(CCCCP(C)F)CCCP1CCCPCCC1. The van der Waals surface area contributed by atoms with Crippen molar-refractivity contribution in [2.45, 2.75) is 58.3 Å². The zero-order valence-corrected chi connectivity index (χ0v) is 17.0. The van der Waals surface area contributed by atoms with Gasteiger partial charge in [0.2, 0.25) is 0 Å². The third kappa shape index (κ3) is 11.4. The van der Waals surface area contributed by atoms with E-state index in [1.54, 1.807) is 25.2 Å². The van der Waals surface area contributed by atoms with Crippen molar-refractivity contribution in [3.05, 3.63) is 0 Å². The van der Waals surface area contributed by atoms with Crippen LogP contribution in [0.15, 0.2) is 0 Å². The largest absolute Gasteiger partial charge is 0.227 e. The quantitative estimate of drug-likeness (QED) is 0.296. The molecule has 0 aliphatic carbocycles. The van der Waals surface area contributed by atoms with Crippen LogP contribution in [0, 0.1) is 5.92 Å². The van der Waals surface area contributed by atoms with Gasteiger partial charge in [0.05, 0.1) is 8.23 Å². The van der Waals surface area contributed by atoms with Crippen LogP contribution in [0.5, 0.6) is 0 Å². The van der Waals surface area contributed by atoms with Crippen molar-refractivity contribution < 1.29 is 4.20 Å². The summed E-state index contributed by atoms with van der Waals surface area (Å²) >= 11 is 0. The molecule has 0 aromatic carbocycles. The summed E-state index contributed by atoms with van der Waals surface area (Å²) in [5.74, 6) is 0.916. The van der Waals surface area contributed by atoms with Crippen LogP contribution >= 0.6 is 24.7 Å². The molecule has 1 heterocycles. The summed E-state index contributed by atoms with van der Waals surface area (Å²) in [5.41, 5.74) is 0. The van der Waals surface area contributed by atoms with E-state index in [0.717, 1.165) is 18.5 Å². The van der Waals surface area contributed by atoms with Crippen molar-refractivity contribution in [3.63, 3.8) is 0 Å². The van der Waals surface area contributed by atoms with Gasteiger partial charge >= 0.3 is 0 Å². The second kappa shape index (κ2) is 13.6. The van der Waals surface area contributed by atoms with E-state index in [1.165, 1.54) is 65.9 Å². The van der Waals surface area contributed by atoms with E-state index >= 15 is 0 Å². The molecule has 1 fully saturated rings. The molecule has 0 saturated carbocycles. The highest BCUT2D eigenvalue weighted by molar-refractivity contribution is 7.57. The van der Waals surface area contributed by atoms with Gasteiger partial charge in [0, 0.05) is 0 Å². The monoisotopic (exact) mass is 352 g/mol. The van der Waals surface area contributed by atoms with E-state index in [0.29, 0.717) is 7.92 Å². The Morgan fingerprint density at radius 1 is 1.10 bits per heavy atom. The Morgan fingerprint density at radius 3 is 2.38 bits per heavy atom. The molecular formula is C17H36FP3. The molecule has 0 nitrogen and oxygen atoms in total. The molecule has 0 bridgehead atoms. The molecule has 126 valence electrons. The Balaban J connectivity index is 2.07. The predicted molar refractivity (Wildman–Crippen MR) is 104 cm³/mol. The van der Waals surface area contributed by atoms with Crippen LogP contribution in [0.4, 0.5) is 4.20 Å². The lowest BCUT2D eigenvalue weighted by Crippen LogP contribution is -2.04. The highest BCUT2D eigenvalue weighted by Gasteiger charge is 2.12. The standard InChI is InChI=1S/C17H36FP3/c1-3-17(9-4-5-13-20(2)18)10-6-14-21-15-7-11-19-12-8-16-21/h17,19H,3-16H2,1-2H3. The molecule has 2 unspecified atom stereocenters. The molecule has 1 aliphatic heterocycles. The Bertz CT molecular complexity index is 228. The number of rotatable bonds is 10. The molecule has 0 aromatic heterocycles. The molecule has 2 atom stereocenters. The maximum Gasteiger partial charge on any atom is 0.0781 e. The fraction of sp³-hybridized carbons (Fsp3) is 1.00. The summed E-state index contributed by atoms with van der Waals surface area (Å²) in [6.45, 7) is 4.10. The minimum absolute atomic E-state index is 0.382. The fourth-order valence-corrected chi connectivity index (χ4v) is 8.10. The second-order valence-corrected chi connectivity index (χ2v) is 12.4. The summed E-state index contributed by atoms with van der Waals surface area (Å²) in [4.78, 5) is 0. The lowest BCUT2D eigenvalue weighted by atomic mass is 9.95. The highest BCUT2D eigenvalue weighted by Crippen LogP contribution is 2.41. The molecule has 0 aromatic rings. The van der Waals surface area contributed by atoms with Crippen molar-refractivity contribution in [2.24, 2.45) is 5.92 Å². The van der Waals surface area contributed by atoms with Crippen molar-refractivity contribution in [2.75, 3.05) is 43.6 Å². The van der Waals surface area contributed by atoms with Crippen LogP contribution in [0.25, 0.3) is 0 Å². The molecule has 0 N–H and O–H groups in total. The van der Waals surface area contributed by atoms with E-state index in [-0.39, 0.29) is 0 Å². The summed E-state index contributed by atoms with van der Waals surface area (Å²) in [7, 11) is 0.486. The third-order valence-corrected chi connectivity index (χ3v) is 9.84. The number of halogens is 1. The zero-order chi connectivity index (χ0) is 15.3. The lowest BCUT2D eigenvalue weighted by Gasteiger charge is -2.22. The molecule has 0 radical (unpaired) electrons. The van der Waals surface area contributed by atoms with Gasteiger partial charge in [-0.25, -0.2) is 4.20 Å². The highest BCUT2D eigenvalue weighted by atomic mass is 31.2. The average Bonchev–Trinajstić information content (AvgIpc) is 2.43. The Labute approximate surface area is 137 Å². The van der Waals surface area contributed by atoms with Gasteiger partial charge in [-0.1, -0.05) is 32.6 Å². The normalized spacial score (nSPS) is 24.4. The van der Waals surface area contributed by atoms with E-state index < -0.39 is 8.23 Å². The first-order chi connectivity index (χ1) is 10.2. The topological polar surface area (TPSA) is 0 Å². The summed E-state index contributed by atoms with van der Waals surface area (Å²) in [6.07, 6.45) is 19.5. The second-order valence-electron chi connectivity index (χ2n) is 6.54. The van der Waals surface area contributed by atoms with Gasteiger partial charge in [-0.3, -0.25) is 0 Å². The number of unbranched alkanes of at least 4 members (excludes halogenated alkanes) is 1. The lowest BCUT2D eigenvalue weighted by molar-refractivity contribution is 0.418. The van der Waals surface area contributed by atoms with Crippen LogP contribution in [-0.4, -0.2) is 43.6 Å². The fourth-order valence-electron chi connectivity index (χ4n) is 3.23. The average molecular weight is 352 g/mol. The van der Waals surface area contributed by atoms with Crippen molar-refractivity contribution in [1.29, 1.82) is 0 Å². The van der Waals surface area contributed by atoms with E-state index in [4.69, 9.17) is 0 Å². The van der Waals surface area contributed by atoms with Gasteiger partial charge in [0.25, 0.3) is 0 Å². The van der Waals surface area contributed by atoms with Crippen LogP contribution < -0.4 is 0 Å². The van der Waals surface area contributed by atoms with Crippen LogP contribution in [0.3, 0.4) is 0 Å². The van der Waals surface area contributed by atoms with Gasteiger partial charge in [0.1, 0.15) is 0 Å². The van der Waals surface area contributed by atoms with Crippen molar-refractivity contribution in [1.82, 2.24) is 0 Å². The summed E-state index contributed by atoms with van der Waals surface area (Å²) in [6, 6.07) is 0. The minimum atomic E-state index is -1.16. The van der Waals surface area contributed by atoms with Crippen LogP contribution in [-0.2, 0) is 0 Å². The molecule has 0 amide bonds. The molecule has 0 spiro atoms. The molecule has 1 saturated heterocycles. The van der Waals surface area contributed by atoms with Gasteiger partial charge in [-0.05, 0) is 75.2 Å². The Morgan fingerprint density at radius 2 is 1.76 bits per heavy atom. The first-order valence-electron chi connectivity index (χ1n) is 9.02. The maximum absolute atomic E-state index is 12.8. The number of hydrogen-bond donors (Lipinski definition) is 0. The van der Waals surface area contributed by atoms with E-state index in [1.807, 2.05) is 0 Å². The van der Waals surface area contributed by atoms with E-state index in [2.05, 4.69) is 6.92 Å². The molecule has 1 rings (SSSR count). The minimum Gasteiger partial charge on any atom is -0.227 e. The zero-order valence-electron chi connectivity index (χ0n) is 14.2. The third-order valence-electron chi connectivity index (χ3n) is 4.65. The smallest absolute Gasteiger partial charge is 0.0781 e. The van der Waals surface area contributed by atoms with Gasteiger partial charge < -0.3 is 0 Å². The Hall–Kier alpha value is 1.22. The van der Waals surface area contributed by atoms with Gasteiger partial charge in [-0.2, -0.15) is 0 Å². The first kappa shape index (κ1) is 20.3. The van der Waals surface area contributed by atoms with Gasteiger partial charge in [-0.15, -0.1) is 16.5 Å². The van der Waals surface area contributed by atoms with Gasteiger partial charge in [0.15, 0.2) is 0 Å². The molecular weight excluding hydrogens is 316 g/mol. The molecule has 1 aliphatic rings. The van der Waals surface area contributed by atoms with E-state index in [9.17, 15) is 4.20 Å². The van der Waals surface area contributed by atoms with Crippen molar-refractivity contribution >= 4 is 24.7 Å². The summed E-state index contributed by atoms with van der Waals surface area (Å²) in [5, 5.41) is 0. The number of hydrogen-bond acceptors (Lipinski definition) is 0. The molecule has 21 heavy (non-hydrogen) atoms.